The van der Waals surface area contributed by atoms with Crippen LogP contribution in [-0.2, 0) is 29.5 Å². The van der Waals surface area contributed by atoms with Crippen LogP contribution < -0.4 is 10.2 Å². The summed E-state index contributed by atoms with van der Waals surface area (Å²) in [6.07, 6.45) is 1.46. The topological polar surface area (TPSA) is 109 Å². The Labute approximate surface area is 149 Å². The molecule has 3 rings (SSSR count). The average Bonchev–Trinajstić information content (AvgIpc) is 2.99. The molecule has 1 aliphatic rings. The van der Waals surface area contributed by atoms with Gasteiger partial charge in [-0.2, -0.15) is 0 Å². The first kappa shape index (κ1) is 17.6. The number of thiazole rings is 1. The van der Waals surface area contributed by atoms with E-state index >= 15 is 0 Å². The molecule has 114 valence electrons. The van der Waals surface area contributed by atoms with Gasteiger partial charge in [0.2, 0.25) is 5.13 Å². The van der Waals surface area contributed by atoms with Gasteiger partial charge in [-0.05, 0) is 11.6 Å². The zero-order valence-electron chi connectivity index (χ0n) is 12.0. The summed E-state index contributed by atoms with van der Waals surface area (Å²) in [5, 5.41) is 26.4. The molecule has 0 radical (unpaired) electrons. The fourth-order valence-electron chi connectivity index (χ4n) is 2.06. The molecular formula is C13H9N3O4S2Zn. The zero-order chi connectivity index (χ0) is 15.9. The molecule has 2 heterocycles. The zero-order valence-corrected chi connectivity index (χ0v) is 16.6. The number of aromatic nitrogens is 1. The summed E-state index contributed by atoms with van der Waals surface area (Å²) in [7, 11) is -2.79. The molecule has 0 spiro atoms. The Bertz CT molecular complexity index is 892. The van der Waals surface area contributed by atoms with Crippen LogP contribution in [0, 0.1) is 0 Å². The molecule has 7 nitrogen and oxygen atoms in total. The first-order valence-corrected chi connectivity index (χ1v) is 8.40. The minimum Gasteiger partial charge on any atom is -0.871 e. The van der Waals surface area contributed by atoms with Crippen LogP contribution in [0.5, 0.6) is 0 Å². The predicted octanol–water partition coefficient (Wildman–Crippen LogP) is -0.106. The molecule has 0 atom stereocenters. The van der Waals surface area contributed by atoms with Gasteiger partial charge >= 0.3 is 19.5 Å². The smallest absolute Gasteiger partial charge is 0.871 e. The summed E-state index contributed by atoms with van der Waals surface area (Å²) in [6.45, 7) is 0. The van der Waals surface area contributed by atoms with Crippen LogP contribution in [-0.4, -0.2) is 30.7 Å². The summed E-state index contributed by atoms with van der Waals surface area (Å²) in [6, 6.07) is 5.76. The predicted molar refractivity (Wildman–Crippen MR) is 77.5 cm³/mol. The molecule has 0 N–H and O–H groups in total. The maximum atomic E-state index is 12.4. The van der Waals surface area contributed by atoms with Crippen LogP contribution in [0.15, 0.2) is 51.4 Å². The molecule has 1 aliphatic heterocycles. The van der Waals surface area contributed by atoms with E-state index in [1.54, 1.807) is 5.38 Å². The molecule has 1 aromatic heterocycles. The van der Waals surface area contributed by atoms with E-state index in [1.165, 1.54) is 30.5 Å². The maximum absolute atomic E-state index is 12.4. The van der Waals surface area contributed by atoms with Crippen molar-refractivity contribution >= 4 is 38.1 Å². The van der Waals surface area contributed by atoms with Crippen molar-refractivity contribution in [1.82, 2.24) is 9.29 Å². The Kier molecular flexibility index (Phi) is 4.88. The third kappa shape index (κ3) is 2.89. The molecule has 0 unspecified atom stereocenters. The van der Waals surface area contributed by atoms with Gasteiger partial charge in [-0.1, -0.05) is 24.0 Å². The molecule has 1 aromatic carbocycles. The molecule has 0 fully saturated rings. The van der Waals surface area contributed by atoms with Gasteiger partial charge in [0.15, 0.2) is 0 Å². The molecule has 0 saturated carbocycles. The maximum Gasteiger partial charge on any atom is 2.00 e. The molecule has 2 aromatic rings. The fraction of sp³-hybridized carbons (Fsp3) is 0.0769. The van der Waals surface area contributed by atoms with Crippen LogP contribution >= 0.6 is 11.3 Å². The monoisotopic (exact) mass is 399 g/mol. The Morgan fingerprint density at radius 1 is 1.35 bits per heavy atom. The standard InChI is InChI=1S/C13H11N3O4S2.Zn/c1-16-10(12(18)15-13-14-6-7-21-13)11(17)8-4-2-3-5-9(8)22(16,19)20;/h2-7,17H,1H3,(H,14,15,18);/q;+2/p-2. The summed E-state index contributed by atoms with van der Waals surface area (Å²) >= 11 is 1.11. The second-order valence-corrected chi connectivity index (χ2v) is 7.19. The van der Waals surface area contributed by atoms with E-state index in [0.29, 0.717) is 4.31 Å². The fourth-order valence-corrected chi connectivity index (χ4v) is 3.95. The van der Waals surface area contributed by atoms with Gasteiger partial charge in [0.1, 0.15) is 0 Å². The molecule has 0 bridgehead atoms. The van der Waals surface area contributed by atoms with Crippen molar-refractivity contribution in [3.8, 4) is 0 Å². The molecular weight excluding hydrogens is 392 g/mol. The van der Waals surface area contributed by atoms with E-state index in [2.05, 4.69) is 9.98 Å². The van der Waals surface area contributed by atoms with E-state index in [-0.39, 0.29) is 35.1 Å². The van der Waals surface area contributed by atoms with Crippen molar-refractivity contribution < 1.29 is 38.1 Å². The van der Waals surface area contributed by atoms with Gasteiger partial charge in [0, 0.05) is 24.5 Å². The van der Waals surface area contributed by atoms with Gasteiger partial charge in [0.25, 0.3) is 10.0 Å². The van der Waals surface area contributed by atoms with Crippen molar-refractivity contribution in [2.24, 2.45) is 4.99 Å². The molecule has 23 heavy (non-hydrogen) atoms. The number of hydrogen-bond acceptors (Lipinski definition) is 7. The molecule has 10 heteroatoms. The van der Waals surface area contributed by atoms with Crippen LogP contribution in [0.1, 0.15) is 5.56 Å². The summed E-state index contributed by atoms with van der Waals surface area (Å²) < 4.78 is 25.5. The average molecular weight is 401 g/mol. The van der Waals surface area contributed by atoms with E-state index in [9.17, 15) is 18.6 Å². The van der Waals surface area contributed by atoms with E-state index in [4.69, 9.17) is 0 Å². The first-order valence-electron chi connectivity index (χ1n) is 6.08. The third-order valence-corrected chi connectivity index (χ3v) is 5.60. The summed E-state index contributed by atoms with van der Waals surface area (Å²) in [5.41, 5.74) is -0.535. The van der Waals surface area contributed by atoms with E-state index < -0.39 is 27.4 Å². The largest absolute Gasteiger partial charge is 2.00 e. The Morgan fingerprint density at radius 3 is 2.70 bits per heavy atom. The normalized spacial score (nSPS) is 16.7. The number of likely N-dealkylation sites (N-methyl/N-ethyl adjacent to an activating group) is 1. The first-order chi connectivity index (χ1) is 10.4. The van der Waals surface area contributed by atoms with Gasteiger partial charge in [-0.3, -0.25) is 4.31 Å². The van der Waals surface area contributed by atoms with Crippen LogP contribution in [0.3, 0.4) is 0 Å². The summed E-state index contributed by atoms with van der Waals surface area (Å²) in [5.74, 6) is -1.60. The second-order valence-electron chi connectivity index (χ2n) is 4.38. The minimum absolute atomic E-state index is 0. The number of aliphatic imine (C=N–C) groups is 1. The van der Waals surface area contributed by atoms with Crippen molar-refractivity contribution in [1.29, 1.82) is 0 Å². The number of fused-ring (bicyclic) bond motifs is 1. The van der Waals surface area contributed by atoms with E-state index in [1.807, 2.05) is 0 Å². The van der Waals surface area contributed by atoms with Gasteiger partial charge in [-0.15, -0.1) is 11.3 Å². The number of hydrogen-bond donors (Lipinski definition) is 0. The molecule has 0 amide bonds. The van der Waals surface area contributed by atoms with E-state index in [0.717, 1.165) is 18.4 Å². The van der Waals surface area contributed by atoms with Crippen molar-refractivity contribution in [3.63, 3.8) is 0 Å². The number of nitrogens with zero attached hydrogens (tertiary/aromatic N) is 3. The number of sulfonamides is 1. The number of rotatable bonds is 2. The Balaban J connectivity index is 0.00000192. The van der Waals surface area contributed by atoms with Crippen LogP contribution in [0.25, 0.3) is 5.76 Å². The summed E-state index contributed by atoms with van der Waals surface area (Å²) in [4.78, 5) is 7.39. The Morgan fingerprint density at radius 2 is 2.04 bits per heavy atom. The van der Waals surface area contributed by atoms with Crippen LogP contribution in [0.2, 0.25) is 0 Å². The molecule has 0 aliphatic carbocycles. The second kappa shape index (κ2) is 6.39. The Hall–Kier alpha value is -1.77. The third-order valence-electron chi connectivity index (χ3n) is 3.12. The van der Waals surface area contributed by atoms with Crippen LogP contribution in [0.4, 0.5) is 5.13 Å². The molecule has 0 saturated heterocycles. The van der Waals surface area contributed by atoms with Gasteiger partial charge < -0.3 is 10.2 Å². The van der Waals surface area contributed by atoms with Crippen molar-refractivity contribution in [2.45, 2.75) is 4.90 Å². The quantitative estimate of drug-likeness (QED) is 0.397. The minimum atomic E-state index is -3.95. The van der Waals surface area contributed by atoms with Gasteiger partial charge in [-0.25, -0.2) is 18.4 Å². The van der Waals surface area contributed by atoms with Gasteiger partial charge in [0.05, 0.1) is 10.6 Å². The SMILES string of the molecule is CN1C(/C([O-])=N/c2nccs2)=C([O-])c2ccccc2S1(=O)=O.[Zn+2]. The van der Waals surface area contributed by atoms with Crippen molar-refractivity contribution in [2.75, 3.05) is 7.05 Å². The number of benzene rings is 1. The van der Waals surface area contributed by atoms with Crippen molar-refractivity contribution in [3.05, 3.63) is 47.1 Å².